The molecule has 2 atom stereocenters. The number of likely N-dealkylation sites (tertiary alicyclic amines) is 1. The lowest BCUT2D eigenvalue weighted by molar-refractivity contribution is 0.0757. The molecule has 2 N–H and O–H groups in total. The zero-order valence-corrected chi connectivity index (χ0v) is 13.4. The molecule has 1 saturated heterocycles. The fraction of sp³-hybridized carbons (Fsp3) is 0.250. The fourth-order valence-electron chi connectivity index (χ4n) is 3.60. The third-order valence-electron chi connectivity index (χ3n) is 4.90. The molecule has 4 nitrogen and oxygen atoms in total. The van der Waals surface area contributed by atoms with E-state index in [0.29, 0.717) is 25.4 Å². The zero-order valence-electron chi connectivity index (χ0n) is 13.4. The first kappa shape index (κ1) is 15.0. The summed E-state index contributed by atoms with van der Waals surface area (Å²) < 4.78 is 5.73. The van der Waals surface area contributed by atoms with E-state index in [1.165, 1.54) is 5.56 Å². The van der Waals surface area contributed by atoms with Gasteiger partial charge in [0.25, 0.3) is 5.91 Å². The van der Waals surface area contributed by atoms with E-state index in [1.807, 2.05) is 53.4 Å². The summed E-state index contributed by atoms with van der Waals surface area (Å²) in [7, 11) is 0. The van der Waals surface area contributed by atoms with Crippen LogP contribution < -0.4 is 5.73 Å². The summed E-state index contributed by atoms with van der Waals surface area (Å²) in [5.41, 5.74) is 7.95. The van der Waals surface area contributed by atoms with Gasteiger partial charge in [-0.1, -0.05) is 48.5 Å². The Balaban J connectivity index is 1.59. The maximum atomic E-state index is 12.8. The van der Waals surface area contributed by atoms with Gasteiger partial charge in [0.05, 0.1) is 0 Å². The quantitative estimate of drug-likeness (QED) is 0.806. The second-order valence-electron chi connectivity index (χ2n) is 6.37. The van der Waals surface area contributed by atoms with Crippen molar-refractivity contribution in [1.29, 1.82) is 0 Å². The Morgan fingerprint density at radius 1 is 1.08 bits per heavy atom. The van der Waals surface area contributed by atoms with Gasteiger partial charge in [0, 0.05) is 24.4 Å². The summed E-state index contributed by atoms with van der Waals surface area (Å²) in [5, 5.41) is 0.954. The van der Waals surface area contributed by atoms with Crippen LogP contribution in [0.3, 0.4) is 0 Å². The summed E-state index contributed by atoms with van der Waals surface area (Å²) in [6.45, 7) is 1.93. The SMILES string of the molecule is NC[C@@H]1CN(C(=O)c2cc3ccccc3o2)C[C@H]1c1ccccc1. The van der Waals surface area contributed by atoms with Gasteiger partial charge in [-0.05, 0) is 30.2 Å². The van der Waals surface area contributed by atoms with Crippen molar-refractivity contribution in [3.05, 3.63) is 72.0 Å². The molecule has 0 unspecified atom stereocenters. The molecule has 0 spiro atoms. The molecule has 122 valence electrons. The highest BCUT2D eigenvalue weighted by Crippen LogP contribution is 2.33. The normalized spacial score (nSPS) is 20.6. The summed E-state index contributed by atoms with van der Waals surface area (Å²) in [5.74, 6) is 0.911. The Morgan fingerprint density at radius 3 is 2.58 bits per heavy atom. The number of carbonyl (C=O) groups excluding carboxylic acids is 1. The molecule has 1 aromatic heterocycles. The molecule has 1 fully saturated rings. The Hall–Kier alpha value is -2.59. The van der Waals surface area contributed by atoms with E-state index in [-0.39, 0.29) is 17.7 Å². The first-order valence-electron chi connectivity index (χ1n) is 8.29. The number of carbonyl (C=O) groups is 1. The van der Waals surface area contributed by atoms with E-state index in [4.69, 9.17) is 10.2 Å². The van der Waals surface area contributed by atoms with Crippen LogP contribution in [0.25, 0.3) is 11.0 Å². The fourth-order valence-corrected chi connectivity index (χ4v) is 3.60. The second-order valence-corrected chi connectivity index (χ2v) is 6.37. The summed E-state index contributed by atoms with van der Waals surface area (Å²) >= 11 is 0. The summed E-state index contributed by atoms with van der Waals surface area (Å²) in [4.78, 5) is 14.7. The van der Waals surface area contributed by atoms with Crippen molar-refractivity contribution in [3.63, 3.8) is 0 Å². The van der Waals surface area contributed by atoms with E-state index in [1.54, 1.807) is 0 Å². The minimum Gasteiger partial charge on any atom is -0.451 e. The standard InChI is InChI=1S/C20H20N2O2/c21-11-16-12-22(13-17(16)14-6-2-1-3-7-14)20(23)19-10-15-8-4-5-9-18(15)24-19/h1-10,16-17H,11-13,21H2/t16-,17+/m1/s1. The molecule has 1 aliphatic heterocycles. The van der Waals surface area contributed by atoms with Crippen molar-refractivity contribution in [2.75, 3.05) is 19.6 Å². The molecule has 2 heterocycles. The maximum Gasteiger partial charge on any atom is 0.289 e. The third kappa shape index (κ3) is 2.59. The highest BCUT2D eigenvalue weighted by atomic mass is 16.3. The zero-order chi connectivity index (χ0) is 16.5. The molecule has 1 aliphatic rings. The highest BCUT2D eigenvalue weighted by Gasteiger charge is 2.36. The summed E-state index contributed by atoms with van der Waals surface area (Å²) in [6, 6.07) is 19.8. The molecule has 0 aliphatic carbocycles. The van der Waals surface area contributed by atoms with Crippen LogP contribution in [0.5, 0.6) is 0 Å². The van der Waals surface area contributed by atoms with Crippen molar-refractivity contribution in [2.24, 2.45) is 11.7 Å². The number of nitrogens with zero attached hydrogens (tertiary/aromatic N) is 1. The Kier molecular flexibility index (Phi) is 3.82. The van der Waals surface area contributed by atoms with Crippen molar-refractivity contribution < 1.29 is 9.21 Å². The number of nitrogens with two attached hydrogens (primary N) is 1. The topological polar surface area (TPSA) is 59.5 Å². The van der Waals surface area contributed by atoms with Gasteiger partial charge in [0.2, 0.25) is 0 Å². The van der Waals surface area contributed by atoms with Crippen molar-refractivity contribution in [3.8, 4) is 0 Å². The van der Waals surface area contributed by atoms with Gasteiger partial charge in [-0.3, -0.25) is 4.79 Å². The van der Waals surface area contributed by atoms with Crippen molar-refractivity contribution in [2.45, 2.75) is 5.92 Å². The van der Waals surface area contributed by atoms with Crippen LogP contribution >= 0.6 is 0 Å². The van der Waals surface area contributed by atoms with Crippen LogP contribution in [0.4, 0.5) is 0 Å². The number of furan rings is 1. The van der Waals surface area contributed by atoms with Crippen LogP contribution in [0.2, 0.25) is 0 Å². The van der Waals surface area contributed by atoms with E-state index < -0.39 is 0 Å². The average Bonchev–Trinajstić information content (AvgIpc) is 3.26. The molecule has 0 saturated carbocycles. The van der Waals surface area contributed by atoms with E-state index in [9.17, 15) is 4.79 Å². The van der Waals surface area contributed by atoms with Crippen molar-refractivity contribution >= 4 is 16.9 Å². The lowest BCUT2D eigenvalue weighted by atomic mass is 9.89. The molecule has 1 amide bonds. The van der Waals surface area contributed by atoms with Crippen molar-refractivity contribution in [1.82, 2.24) is 4.90 Å². The van der Waals surface area contributed by atoms with E-state index in [0.717, 1.165) is 11.0 Å². The number of amides is 1. The van der Waals surface area contributed by atoms with E-state index in [2.05, 4.69) is 12.1 Å². The molecule has 0 radical (unpaired) electrons. The molecule has 4 heteroatoms. The molecule has 3 aromatic rings. The second kappa shape index (κ2) is 6.13. The van der Waals surface area contributed by atoms with Crippen LogP contribution in [0.1, 0.15) is 22.0 Å². The number of hydrogen-bond donors (Lipinski definition) is 1. The minimum atomic E-state index is -0.0527. The predicted octanol–water partition coefficient (Wildman–Crippen LogP) is 3.25. The smallest absolute Gasteiger partial charge is 0.289 e. The maximum absolute atomic E-state index is 12.8. The predicted molar refractivity (Wildman–Crippen MR) is 93.8 cm³/mol. The Morgan fingerprint density at radius 2 is 1.83 bits per heavy atom. The van der Waals surface area contributed by atoms with Crippen LogP contribution in [0, 0.1) is 5.92 Å². The minimum absolute atomic E-state index is 0.0527. The Labute approximate surface area is 140 Å². The lowest BCUT2D eigenvalue weighted by Gasteiger charge is -2.16. The molecule has 24 heavy (non-hydrogen) atoms. The van der Waals surface area contributed by atoms with E-state index >= 15 is 0 Å². The Bertz CT molecular complexity index is 823. The van der Waals surface area contributed by atoms with Crippen LogP contribution in [-0.4, -0.2) is 30.4 Å². The van der Waals surface area contributed by atoms with Crippen LogP contribution in [-0.2, 0) is 0 Å². The molecule has 0 bridgehead atoms. The van der Waals surface area contributed by atoms with Gasteiger partial charge in [0.15, 0.2) is 5.76 Å². The summed E-state index contributed by atoms with van der Waals surface area (Å²) in [6.07, 6.45) is 0. The monoisotopic (exact) mass is 320 g/mol. The number of benzene rings is 2. The molecular formula is C20H20N2O2. The van der Waals surface area contributed by atoms with Gasteiger partial charge in [-0.15, -0.1) is 0 Å². The highest BCUT2D eigenvalue weighted by molar-refractivity contribution is 5.96. The molecular weight excluding hydrogens is 300 g/mol. The van der Waals surface area contributed by atoms with Gasteiger partial charge in [0.1, 0.15) is 5.58 Å². The van der Waals surface area contributed by atoms with Gasteiger partial charge in [-0.2, -0.15) is 0 Å². The lowest BCUT2D eigenvalue weighted by Crippen LogP contribution is -2.29. The van der Waals surface area contributed by atoms with Crippen LogP contribution in [0.15, 0.2) is 65.1 Å². The number of fused-ring (bicyclic) bond motifs is 1. The first-order valence-corrected chi connectivity index (χ1v) is 8.29. The third-order valence-corrected chi connectivity index (χ3v) is 4.90. The average molecular weight is 320 g/mol. The largest absolute Gasteiger partial charge is 0.451 e. The number of para-hydroxylation sites is 1. The molecule has 2 aromatic carbocycles. The van der Waals surface area contributed by atoms with Gasteiger partial charge < -0.3 is 15.1 Å². The first-order chi connectivity index (χ1) is 11.8. The molecule has 4 rings (SSSR count). The number of rotatable bonds is 3. The number of hydrogen-bond acceptors (Lipinski definition) is 3. The van der Waals surface area contributed by atoms with Gasteiger partial charge >= 0.3 is 0 Å². The van der Waals surface area contributed by atoms with Gasteiger partial charge in [-0.25, -0.2) is 0 Å².